The molecule has 7 heteroatoms. The van der Waals surface area contributed by atoms with E-state index in [0.717, 1.165) is 25.9 Å². The van der Waals surface area contributed by atoms with Crippen LogP contribution in [0.2, 0.25) is 0 Å². The lowest BCUT2D eigenvalue weighted by Crippen LogP contribution is -2.36. The molecule has 106 valence electrons. The average Bonchev–Trinajstić information content (AvgIpc) is 2.39. The molecule has 0 saturated carbocycles. The van der Waals surface area contributed by atoms with Crippen LogP contribution in [0.5, 0.6) is 0 Å². The van der Waals surface area contributed by atoms with Gasteiger partial charge in [-0.2, -0.15) is 0 Å². The summed E-state index contributed by atoms with van der Waals surface area (Å²) in [5.74, 6) is 0.383. The second-order valence-corrected chi connectivity index (χ2v) is 6.75. The molecular weight excluding hydrogens is 266 g/mol. The lowest BCUT2D eigenvalue weighted by Gasteiger charge is -2.28. The summed E-state index contributed by atoms with van der Waals surface area (Å²) in [6.07, 6.45) is 3.23. The molecule has 0 atom stereocenters. The van der Waals surface area contributed by atoms with Crippen molar-refractivity contribution in [2.75, 3.05) is 26.7 Å². The number of sulfonamides is 1. The van der Waals surface area contributed by atoms with E-state index < -0.39 is 10.0 Å². The predicted octanol–water partition coefficient (Wildman–Crippen LogP) is -0.00500. The second-order valence-electron chi connectivity index (χ2n) is 4.99. The SMILES string of the molecule is CN1CCC(CNS(=O)(=O)c2ccc(=O)[nH]c2)CC1. The minimum atomic E-state index is -3.52. The second kappa shape index (κ2) is 5.85. The van der Waals surface area contributed by atoms with Gasteiger partial charge in [-0.25, -0.2) is 13.1 Å². The number of H-pyrrole nitrogens is 1. The molecule has 0 radical (unpaired) electrons. The fourth-order valence-corrected chi connectivity index (χ4v) is 3.22. The first-order valence-corrected chi connectivity index (χ1v) is 7.82. The zero-order chi connectivity index (χ0) is 13.9. The summed E-state index contributed by atoms with van der Waals surface area (Å²) in [6, 6.07) is 2.53. The maximum absolute atomic E-state index is 12.0. The maximum atomic E-state index is 12.0. The van der Waals surface area contributed by atoms with E-state index in [1.165, 1.54) is 18.3 Å². The highest BCUT2D eigenvalue weighted by atomic mass is 32.2. The molecule has 0 unspecified atom stereocenters. The summed E-state index contributed by atoms with van der Waals surface area (Å²) in [7, 11) is -1.45. The Kier molecular flexibility index (Phi) is 4.38. The minimum absolute atomic E-state index is 0.0972. The first-order chi connectivity index (χ1) is 8.97. The third-order valence-corrected chi connectivity index (χ3v) is 4.89. The highest BCUT2D eigenvalue weighted by Crippen LogP contribution is 2.15. The highest BCUT2D eigenvalue weighted by Gasteiger charge is 2.20. The molecule has 1 saturated heterocycles. The Balaban J connectivity index is 1.94. The van der Waals surface area contributed by atoms with Crippen LogP contribution in [0.3, 0.4) is 0 Å². The smallest absolute Gasteiger partial charge is 0.247 e. The molecule has 1 aliphatic rings. The van der Waals surface area contributed by atoms with E-state index in [4.69, 9.17) is 0 Å². The molecular formula is C12H19N3O3S. The Morgan fingerprint density at radius 2 is 2.05 bits per heavy atom. The van der Waals surface area contributed by atoms with Gasteiger partial charge < -0.3 is 9.88 Å². The number of aromatic nitrogens is 1. The standard InChI is InChI=1S/C12H19N3O3S/c1-15-6-4-10(5-7-15)8-14-19(17,18)11-2-3-12(16)13-9-11/h2-3,9-10,14H,4-8H2,1H3,(H,13,16). The molecule has 0 amide bonds. The van der Waals surface area contributed by atoms with Crippen LogP contribution < -0.4 is 10.3 Å². The number of nitrogens with one attached hydrogen (secondary N) is 2. The Bertz CT molecular complexity index is 554. The lowest BCUT2D eigenvalue weighted by molar-refractivity contribution is 0.220. The van der Waals surface area contributed by atoms with E-state index in [1.807, 2.05) is 0 Å². The van der Waals surface area contributed by atoms with Gasteiger partial charge in [0.1, 0.15) is 0 Å². The number of pyridine rings is 1. The number of likely N-dealkylation sites (tertiary alicyclic amines) is 1. The van der Waals surface area contributed by atoms with Gasteiger partial charge in [0.2, 0.25) is 15.6 Å². The van der Waals surface area contributed by atoms with Gasteiger partial charge in [-0.05, 0) is 45.0 Å². The molecule has 1 aromatic rings. The third kappa shape index (κ3) is 3.89. The highest BCUT2D eigenvalue weighted by molar-refractivity contribution is 7.89. The average molecular weight is 285 g/mol. The van der Waals surface area contributed by atoms with Crippen molar-refractivity contribution in [3.63, 3.8) is 0 Å². The Labute approximate surface area is 112 Å². The lowest BCUT2D eigenvalue weighted by atomic mass is 9.98. The minimum Gasteiger partial charge on any atom is -0.328 e. The first kappa shape index (κ1) is 14.2. The van der Waals surface area contributed by atoms with Crippen molar-refractivity contribution < 1.29 is 8.42 Å². The maximum Gasteiger partial charge on any atom is 0.247 e. The summed E-state index contributed by atoms with van der Waals surface area (Å²) < 4.78 is 26.6. The molecule has 6 nitrogen and oxygen atoms in total. The Morgan fingerprint density at radius 1 is 1.37 bits per heavy atom. The van der Waals surface area contributed by atoms with Gasteiger partial charge in [0.05, 0.1) is 4.90 Å². The predicted molar refractivity (Wildman–Crippen MR) is 72.5 cm³/mol. The van der Waals surface area contributed by atoms with E-state index in [9.17, 15) is 13.2 Å². The van der Waals surface area contributed by atoms with Crippen LogP contribution in [0.1, 0.15) is 12.8 Å². The van der Waals surface area contributed by atoms with Crippen LogP contribution in [0.4, 0.5) is 0 Å². The number of nitrogens with zero attached hydrogens (tertiary/aromatic N) is 1. The van der Waals surface area contributed by atoms with Crippen LogP contribution in [0, 0.1) is 5.92 Å². The van der Waals surface area contributed by atoms with Crippen LogP contribution in [-0.2, 0) is 10.0 Å². The van der Waals surface area contributed by atoms with Gasteiger partial charge in [-0.3, -0.25) is 4.79 Å². The van der Waals surface area contributed by atoms with E-state index in [-0.39, 0.29) is 10.5 Å². The fraction of sp³-hybridized carbons (Fsp3) is 0.583. The molecule has 1 fully saturated rings. The van der Waals surface area contributed by atoms with Crippen molar-refractivity contribution in [3.8, 4) is 0 Å². The molecule has 19 heavy (non-hydrogen) atoms. The van der Waals surface area contributed by atoms with Crippen molar-refractivity contribution in [2.45, 2.75) is 17.7 Å². The van der Waals surface area contributed by atoms with Crippen molar-refractivity contribution in [1.29, 1.82) is 0 Å². The molecule has 0 spiro atoms. The fourth-order valence-electron chi connectivity index (χ4n) is 2.14. The van der Waals surface area contributed by atoms with Gasteiger partial charge >= 0.3 is 0 Å². The van der Waals surface area contributed by atoms with E-state index in [0.29, 0.717) is 12.5 Å². The summed E-state index contributed by atoms with van der Waals surface area (Å²) in [5, 5.41) is 0. The molecule has 2 N–H and O–H groups in total. The van der Waals surface area contributed by atoms with Gasteiger partial charge in [-0.1, -0.05) is 0 Å². The number of rotatable bonds is 4. The summed E-state index contributed by atoms with van der Waals surface area (Å²) in [6.45, 7) is 2.46. The van der Waals surface area contributed by atoms with E-state index in [1.54, 1.807) is 0 Å². The first-order valence-electron chi connectivity index (χ1n) is 6.34. The van der Waals surface area contributed by atoms with Crippen molar-refractivity contribution in [3.05, 3.63) is 28.7 Å². The van der Waals surface area contributed by atoms with Gasteiger partial charge in [0.15, 0.2) is 0 Å². The van der Waals surface area contributed by atoms with E-state index >= 15 is 0 Å². The summed E-state index contributed by atoms with van der Waals surface area (Å²) in [5.41, 5.74) is -0.311. The van der Waals surface area contributed by atoms with Crippen LogP contribution >= 0.6 is 0 Å². The number of hydrogen-bond donors (Lipinski definition) is 2. The topological polar surface area (TPSA) is 82.3 Å². The van der Waals surface area contributed by atoms with Crippen LogP contribution in [-0.4, -0.2) is 45.0 Å². The molecule has 2 rings (SSSR count). The van der Waals surface area contributed by atoms with Crippen molar-refractivity contribution in [1.82, 2.24) is 14.6 Å². The summed E-state index contributed by atoms with van der Waals surface area (Å²) in [4.78, 5) is 15.6. The quantitative estimate of drug-likeness (QED) is 0.815. The third-order valence-electron chi connectivity index (χ3n) is 3.47. The molecule has 0 aliphatic carbocycles. The van der Waals surface area contributed by atoms with Gasteiger partial charge in [0, 0.05) is 18.8 Å². The Morgan fingerprint density at radius 3 is 2.63 bits per heavy atom. The molecule has 1 aliphatic heterocycles. The monoisotopic (exact) mass is 285 g/mol. The van der Waals surface area contributed by atoms with E-state index in [2.05, 4.69) is 21.7 Å². The molecule has 1 aromatic heterocycles. The van der Waals surface area contributed by atoms with Gasteiger partial charge in [0.25, 0.3) is 0 Å². The molecule has 2 heterocycles. The van der Waals surface area contributed by atoms with Crippen molar-refractivity contribution in [2.24, 2.45) is 5.92 Å². The van der Waals surface area contributed by atoms with Crippen molar-refractivity contribution >= 4 is 10.0 Å². The molecule has 0 bridgehead atoms. The zero-order valence-corrected chi connectivity index (χ0v) is 11.7. The number of piperidine rings is 1. The number of aromatic amines is 1. The summed E-state index contributed by atoms with van der Waals surface area (Å²) >= 11 is 0. The zero-order valence-electron chi connectivity index (χ0n) is 10.9. The van der Waals surface area contributed by atoms with Crippen LogP contribution in [0.15, 0.2) is 28.0 Å². The molecule has 0 aromatic carbocycles. The normalized spacial score (nSPS) is 18.6. The number of hydrogen-bond acceptors (Lipinski definition) is 4. The van der Waals surface area contributed by atoms with Gasteiger partial charge in [-0.15, -0.1) is 0 Å². The largest absolute Gasteiger partial charge is 0.328 e. The Hall–Kier alpha value is -1.18. The van der Waals surface area contributed by atoms with Crippen LogP contribution in [0.25, 0.3) is 0 Å².